The molecular weight excluding hydrogens is 250 g/mol. The summed E-state index contributed by atoms with van der Waals surface area (Å²) in [5, 5.41) is 21.6. The zero-order valence-corrected chi connectivity index (χ0v) is 9.85. The zero-order chi connectivity index (χ0) is 14.4. The minimum atomic E-state index is -1.20. The number of hydrogen-bond donors (Lipinski definition) is 2. The molecule has 0 saturated carbocycles. The maximum absolute atomic E-state index is 10.9. The van der Waals surface area contributed by atoms with Crippen LogP contribution in [0.15, 0.2) is 44.0 Å². The number of nitrogens with zero attached hydrogens (tertiary/aromatic N) is 3. The van der Waals surface area contributed by atoms with Crippen LogP contribution in [0, 0.1) is 0 Å². The predicted molar refractivity (Wildman–Crippen MR) is 66.5 cm³/mol. The van der Waals surface area contributed by atoms with Gasteiger partial charge in [-0.05, 0) is 18.2 Å². The molecule has 1 aromatic carbocycles. The van der Waals surface area contributed by atoms with E-state index in [9.17, 15) is 9.59 Å². The van der Waals surface area contributed by atoms with E-state index >= 15 is 0 Å². The molecule has 2 aromatic rings. The van der Waals surface area contributed by atoms with Crippen LogP contribution in [0.1, 0.15) is 20.7 Å². The van der Waals surface area contributed by atoms with Crippen LogP contribution >= 0.6 is 0 Å². The van der Waals surface area contributed by atoms with Gasteiger partial charge in [0, 0.05) is 0 Å². The van der Waals surface area contributed by atoms with Gasteiger partial charge in [-0.2, -0.15) is 5.10 Å². The summed E-state index contributed by atoms with van der Waals surface area (Å²) in [7, 11) is 0. The van der Waals surface area contributed by atoms with Gasteiger partial charge >= 0.3 is 11.9 Å². The first-order valence-electron chi connectivity index (χ1n) is 5.04. The number of aromatic nitrogens is 3. The molecule has 2 rings (SSSR count). The number of carbonyl (C=O) groups is 2. The van der Waals surface area contributed by atoms with Crippen molar-refractivity contribution in [2.45, 2.75) is 0 Å². The van der Waals surface area contributed by atoms with Crippen molar-refractivity contribution in [3.8, 4) is 5.69 Å². The molecular formula is C12H11N3O4. The zero-order valence-electron chi connectivity index (χ0n) is 9.85. The molecule has 0 aliphatic heterocycles. The van der Waals surface area contributed by atoms with Crippen LogP contribution in [-0.2, 0) is 0 Å². The second-order valence-electron chi connectivity index (χ2n) is 3.22. The molecule has 19 heavy (non-hydrogen) atoms. The van der Waals surface area contributed by atoms with Crippen molar-refractivity contribution < 1.29 is 19.8 Å². The second kappa shape index (κ2) is 6.10. The molecule has 7 heteroatoms. The number of carboxylic acid groups (broad SMARTS) is 2. The van der Waals surface area contributed by atoms with E-state index in [-0.39, 0.29) is 11.1 Å². The number of benzene rings is 1. The lowest BCUT2D eigenvalue weighted by atomic mass is 10.1. The molecule has 7 nitrogen and oxygen atoms in total. The Bertz CT molecular complexity index is 561. The average molecular weight is 261 g/mol. The Morgan fingerprint density at radius 1 is 1.05 bits per heavy atom. The molecule has 2 N–H and O–H groups in total. The minimum Gasteiger partial charge on any atom is -0.478 e. The van der Waals surface area contributed by atoms with E-state index < -0.39 is 11.9 Å². The summed E-state index contributed by atoms with van der Waals surface area (Å²) in [6, 6.07) is 3.73. The van der Waals surface area contributed by atoms with Gasteiger partial charge in [0.15, 0.2) is 0 Å². The summed E-state index contributed by atoms with van der Waals surface area (Å²) in [6.45, 7) is 6.00. The van der Waals surface area contributed by atoms with Crippen LogP contribution in [-0.4, -0.2) is 36.9 Å². The van der Waals surface area contributed by atoms with Gasteiger partial charge in [0.2, 0.25) is 0 Å². The highest BCUT2D eigenvalue weighted by molar-refractivity contribution is 5.94. The van der Waals surface area contributed by atoms with Crippen molar-refractivity contribution in [2.24, 2.45) is 0 Å². The van der Waals surface area contributed by atoms with Gasteiger partial charge in [-0.1, -0.05) is 0 Å². The van der Waals surface area contributed by atoms with Crippen LogP contribution in [0.4, 0.5) is 0 Å². The maximum atomic E-state index is 10.9. The van der Waals surface area contributed by atoms with Gasteiger partial charge in [-0.25, -0.2) is 19.3 Å². The van der Waals surface area contributed by atoms with Crippen LogP contribution in [0.5, 0.6) is 0 Å². The smallest absolute Gasteiger partial charge is 0.335 e. The highest BCUT2D eigenvalue weighted by Gasteiger charge is 2.12. The summed E-state index contributed by atoms with van der Waals surface area (Å²) in [5.41, 5.74) is 0.102. The van der Waals surface area contributed by atoms with Crippen molar-refractivity contribution in [1.29, 1.82) is 0 Å². The molecule has 0 aliphatic carbocycles. The van der Waals surface area contributed by atoms with Gasteiger partial charge in [0.05, 0.1) is 16.8 Å². The Balaban J connectivity index is 0.000000861. The molecule has 0 amide bonds. The average Bonchev–Trinajstić information content (AvgIpc) is 2.94. The van der Waals surface area contributed by atoms with Crippen LogP contribution in [0.2, 0.25) is 0 Å². The molecule has 0 radical (unpaired) electrons. The number of aromatic carboxylic acids is 2. The first kappa shape index (κ1) is 14.1. The third kappa shape index (κ3) is 3.25. The molecule has 1 heterocycles. The van der Waals surface area contributed by atoms with E-state index in [1.54, 1.807) is 0 Å². The lowest BCUT2D eigenvalue weighted by molar-refractivity contribution is 0.0696. The molecule has 0 aliphatic rings. The number of rotatable bonds is 3. The molecule has 98 valence electrons. The topological polar surface area (TPSA) is 105 Å². The standard InChI is InChI=1S/C10H7N3O4.C2H4/c14-9(15)6-1-7(10(16)17)3-8(2-6)13-5-11-4-12-13;1-2/h1-5H,(H,14,15)(H,16,17);1-2H2. The van der Waals surface area contributed by atoms with Crippen LogP contribution < -0.4 is 0 Å². The van der Waals surface area contributed by atoms with E-state index in [1.807, 2.05) is 0 Å². The highest BCUT2D eigenvalue weighted by atomic mass is 16.4. The van der Waals surface area contributed by atoms with E-state index in [4.69, 9.17) is 10.2 Å². The second-order valence-corrected chi connectivity index (χ2v) is 3.22. The van der Waals surface area contributed by atoms with E-state index in [0.717, 1.165) is 6.07 Å². The number of carboxylic acids is 2. The predicted octanol–water partition coefficient (Wildman–Crippen LogP) is 1.47. The van der Waals surface area contributed by atoms with Crippen molar-refractivity contribution >= 4 is 11.9 Å². The third-order valence-corrected chi connectivity index (χ3v) is 2.09. The van der Waals surface area contributed by atoms with Crippen LogP contribution in [0.3, 0.4) is 0 Å². The SMILES string of the molecule is C=C.O=C(O)c1cc(C(=O)O)cc(-n2cncn2)c1. The van der Waals surface area contributed by atoms with Gasteiger partial charge in [0.25, 0.3) is 0 Å². The summed E-state index contributed by atoms with van der Waals surface area (Å²) in [4.78, 5) is 25.4. The van der Waals surface area contributed by atoms with Crippen molar-refractivity contribution in [3.05, 3.63) is 55.1 Å². The summed E-state index contributed by atoms with van der Waals surface area (Å²) in [6.07, 6.45) is 2.63. The Kier molecular flexibility index (Phi) is 4.53. The Morgan fingerprint density at radius 2 is 1.58 bits per heavy atom. The Hall–Kier alpha value is -2.96. The van der Waals surface area contributed by atoms with E-state index in [2.05, 4.69) is 23.2 Å². The minimum absolute atomic E-state index is 0.115. The summed E-state index contributed by atoms with van der Waals surface area (Å²) in [5.74, 6) is -2.40. The van der Waals surface area contributed by atoms with Crippen LogP contribution in [0.25, 0.3) is 5.69 Å². The molecule has 0 bridgehead atoms. The molecule has 0 fully saturated rings. The lowest BCUT2D eigenvalue weighted by Gasteiger charge is -2.04. The highest BCUT2D eigenvalue weighted by Crippen LogP contribution is 2.13. The normalized spacial score (nSPS) is 9.26. The molecule has 0 saturated heterocycles. The fourth-order valence-electron chi connectivity index (χ4n) is 1.33. The van der Waals surface area contributed by atoms with E-state index in [0.29, 0.717) is 5.69 Å². The third-order valence-electron chi connectivity index (χ3n) is 2.09. The molecule has 0 spiro atoms. The van der Waals surface area contributed by atoms with E-state index in [1.165, 1.54) is 29.5 Å². The Labute approximate surface area is 108 Å². The largest absolute Gasteiger partial charge is 0.478 e. The number of hydrogen-bond acceptors (Lipinski definition) is 4. The fraction of sp³-hybridized carbons (Fsp3) is 0. The Morgan fingerprint density at radius 3 is 1.95 bits per heavy atom. The monoisotopic (exact) mass is 261 g/mol. The summed E-state index contributed by atoms with van der Waals surface area (Å²) >= 11 is 0. The lowest BCUT2D eigenvalue weighted by Crippen LogP contribution is -2.05. The first-order valence-corrected chi connectivity index (χ1v) is 5.04. The molecule has 0 atom stereocenters. The molecule has 1 aromatic heterocycles. The first-order chi connectivity index (χ1) is 9.08. The van der Waals surface area contributed by atoms with Gasteiger partial charge in [-0.3, -0.25) is 0 Å². The van der Waals surface area contributed by atoms with Crippen molar-refractivity contribution in [1.82, 2.24) is 14.8 Å². The van der Waals surface area contributed by atoms with Crippen molar-refractivity contribution in [3.63, 3.8) is 0 Å². The van der Waals surface area contributed by atoms with Gasteiger partial charge in [-0.15, -0.1) is 13.2 Å². The van der Waals surface area contributed by atoms with Gasteiger partial charge in [0.1, 0.15) is 12.7 Å². The summed E-state index contributed by atoms with van der Waals surface area (Å²) < 4.78 is 1.29. The van der Waals surface area contributed by atoms with Crippen molar-refractivity contribution in [2.75, 3.05) is 0 Å². The van der Waals surface area contributed by atoms with Gasteiger partial charge < -0.3 is 10.2 Å². The molecule has 0 unspecified atom stereocenters. The maximum Gasteiger partial charge on any atom is 0.335 e. The quantitative estimate of drug-likeness (QED) is 0.810. The fourth-order valence-corrected chi connectivity index (χ4v) is 1.33.